The number of phenolic OH excluding ortho intramolecular Hbond substituents is 1. The van der Waals surface area contributed by atoms with Crippen molar-refractivity contribution < 1.29 is 19.4 Å². The zero-order chi connectivity index (χ0) is 16.1. The lowest BCUT2D eigenvalue weighted by atomic mass is 9.70. The topological polar surface area (TPSA) is 55.8 Å². The number of benzene rings is 1. The van der Waals surface area contributed by atoms with E-state index in [0.29, 0.717) is 11.5 Å². The van der Waals surface area contributed by atoms with Crippen LogP contribution in [0.15, 0.2) is 18.2 Å². The molecular weight excluding hydrogens is 280 g/mol. The fourth-order valence-corrected chi connectivity index (χ4v) is 4.31. The number of carbonyl (C=O) groups excluding carboxylic acids is 1. The maximum Gasteiger partial charge on any atom is 0.338 e. The highest BCUT2D eigenvalue weighted by atomic mass is 16.5. The summed E-state index contributed by atoms with van der Waals surface area (Å²) in [6.07, 6.45) is 3.25. The molecule has 1 aromatic carbocycles. The van der Waals surface area contributed by atoms with Gasteiger partial charge < -0.3 is 14.6 Å². The van der Waals surface area contributed by atoms with Crippen molar-refractivity contribution in [1.29, 1.82) is 0 Å². The molecule has 0 amide bonds. The lowest BCUT2D eigenvalue weighted by molar-refractivity contribution is -0.0242. The Kier molecular flexibility index (Phi) is 3.38. The van der Waals surface area contributed by atoms with Crippen LogP contribution in [0.5, 0.6) is 11.5 Å². The quantitative estimate of drug-likeness (QED) is 0.864. The third-order valence-electron chi connectivity index (χ3n) is 6.38. The molecule has 4 heteroatoms. The predicted octanol–water partition coefficient (Wildman–Crippen LogP) is 3.77. The molecule has 2 bridgehead atoms. The number of hydrogen-bond donors (Lipinski definition) is 1. The van der Waals surface area contributed by atoms with Crippen LogP contribution in [0.4, 0.5) is 0 Å². The first-order valence-corrected chi connectivity index (χ1v) is 7.87. The van der Waals surface area contributed by atoms with E-state index >= 15 is 0 Å². The summed E-state index contributed by atoms with van der Waals surface area (Å²) in [5.74, 6) is 0.596. The number of carbonyl (C=O) groups is 1. The van der Waals surface area contributed by atoms with Gasteiger partial charge in [-0.3, -0.25) is 0 Å². The molecule has 1 aromatic rings. The van der Waals surface area contributed by atoms with Crippen LogP contribution in [0.2, 0.25) is 0 Å². The number of phenols is 1. The van der Waals surface area contributed by atoms with Gasteiger partial charge in [-0.15, -0.1) is 0 Å². The Bertz CT molecular complexity index is 607. The number of methoxy groups -OCH3 is 1. The van der Waals surface area contributed by atoms with Crippen molar-refractivity contribution in [1.82, 2.24) is 0 Å². The molecule has 0 aromatic heterocycles. The second-order valence-corrected chi connectivity index (χ2v) is 7.39. The summed E-state index contributed by atoms with van der Waals surface area (Å²) in [5.41, 5.74) is 0.678. The van der Waals surface area contributed by atoms with E-state index in [4.69, 9.17) is 9.47 Å². The Morgan fingerprint density at radius 2 is 2.05 bits per heavy atom. The third-order valence-corrected chi connectivity index (χ3v) is 6.38. The van der Waals surface area contributed by atoms with Crippen LogP contribution in [-0.4, -0.2) is 24.3 Å². The number of fused-ring (bicyclic) bond motifs is 2. The van der Waals surface area contributed by atoms with Crippen LogP contribution < -0.4 is 4.74 Å². The standard InChI is InChI=1S/C18H24O4/c1-17(2)12-7-8-18(17,3)15(10-12)22-16(20)11-5-6-13(19)14(9-11)21-4/h5-6,9,12,15,19H,7-8,10H2,1-4H3/t12-,15-,18+/m1/s1. The first kappa shape index (κ1) is 15.2. The monoisotopic (exact) mass is 304 g/mol. The van der Waals surface area contributed by atoms with Crippen LogP contribution >= 0.6 is 0 Å². The normalized spacial score (nSPS) is 32.0. The first-order valence-electron chi connectivity index (χ1n) is 7.87. The Labute approximate surface area is 131 Å². The Morgan fingerprint density at radius 1 is 1.32 bits per heavy atom. The molecule has 2 fully saturated rings. The highest BCUT2D eigenvalue weighted by molar-refractivity contribution is 5.90. The molecule has 4 nitrogen and oxygen atoms in total. The van der Waals surface area contributed by atoms with Gasteiger partial charge in [0, 0.05) is 5.41 Å². The second-order valence-electron chi connectivity index (χ2n) is 7.39. The van der Waals surface area contributed by atoms with Crippen molar-refractivity contribution in [3.63, 3.8) is 0 Å². The van der Waals surface area contributed by atoms with E-state index in [1.807, 2.05) is 0 Å². The summed E-state index contributed by atoms with van der Waals surface area (Å²) in [6, 6.07) is 4.56. The minimum atomic E-state index is -0.340. The van der Waals surface area contributed by atoms with E-state index < -0.39 is 0 Å². The minimum absolute atomic E-state index is 0.0204. The average molecular weight is 304 g/mol. The summed E-state index contributed by atoms with van der Waals surface area (Å²) < 4.78 is 10.9. The van der Waals surface area contributed by atoms with Gasteiger partial charge in [0.1, 0.15) is 6.10 Å². The smallest absolute Gasteiger partial charge is 0.338 e. The van der Waals surface area contributed by atoms with Gasteiger partial charge in [-0.25, -0.2) is 4.79 Å². The largest absolute Gasteiger partial charge is 0.504 e. The van der Waals surface area contributed by atoms with Crippen LogP contribution in [0, 0.1) is 16.7 Å². The van der Waals surface area contributed by atoms with Gasteiger partial charge in [0.15, 0.2) is 11.5 Å². The highest BCUT2D eigenvalue weighted by Crippen LogP contribution is 2.66. The summed E-state index contributed by atoms with van der Waals surface area (Å²) in [7, 11) is 1.46. The fourth-order valence-electron chi connectivity index (χ4n) is 4.31. The van der Waals surface area contributed by atoms with Crippen LogP contribution in [0.3, 0.4) is 0 Å². The van der Waals surface area contributed by atoms with Crippen molar-refractivity contribution in [2.45, 2.75) is 46.1 Å². The number of esters is 1. The van der Waals surface area contributed by atoms with Crippen molar-refractivity contribution in [2.24, 2.45) is 16.7 Å². The van der Waals surface area contributed by atoms with E-state index in [0.717, 1.165) is 12.8 Å². The predicted molar refractivity (Wildman–Crippen MR) is 83.1 cm³/mol. The summed E-state index contributed by atoms with van der Waals surface area (Å²) in [6.45, 7) is 6.83. The Hall–Kier alpha value is -1.71. The van der Waals surface area contributed by atoms with Crippen molar-refractivity contribution in [2.75, 3.05) is 7.11 Å². The van der Waals surface area contributed by atoms with Crippen LogP contribution in [-0.2, 0) is 4.74 Å². The van der Waals surface area contributed by atoms with E-state index in [1.54, 1.807) is 6.07 Å². The molecule has 2 saturated carbocycles. The van der Waals surface area contributed by atoms with Gasteiger partial charge in [-0.2, -0.15) is 0 Å². The Morgan fingerprint density at radius 3 is 2.59 bits per heavy atom. The summed E-state index contributed by atoms with van der Waals surface area (Å²) in [5, 5.41) is 9.62. The lowest BCUT2D eigenvalue weighted by Crippen LogP contribution is -2.38. The molecule has 3 rings (SSSR count). The van der Waals surface area contributed by atoms with Gasteiger partial charge in [0.25, 0.3) is 0 Å². The second kappa shape index (κ2) is 4.90. The number of hydrogen-bond acceptors (Lipinski definition) is 4. The molecule has 0 saturated heterocycles. The molecule has 22 heavy (non-hydrogen) atoms. The molecule has 0 spiro atoms. The van der Waals surface area contributed by atoms with E-state index in [-0.39, 0.29) is 34.4 Å². The van der Waals surface area contributed by atoms with E-state index in [9.17, 15) is 9.90 Å². The molecule has 0 unspecified atom stereocenters. The first-order chi connectivity index (χ1) is 10.3. The molecule has 0 aliphatic heterocycles. The molecular formula is C18H24O4. The summed E-state index contributed by atoms with van der Waals surface area (Å²) >= 11 is 0. The minimum Gasteiger partial charge on any atom is -0.504 e. The van der Waals surface area contributed by atoms with Crippen molar-refractivity contribution in [3.8, 4) is 11.5 Å². The summed E-state index contributed by atoms with van der Waals surface area (Å²) in [4.78, 5) is 12.5. The van der Waals surface area contributed by atoms with Gasteiger partial charge >= 0.3 is 5.97 Å². The SMILES string of the molecule is COc1cc(C(=O)O[C@@H]2C[C@H]3CC[C@]2(C)C3(C)C)ccc1O. The van der Waals surface area contributed by atoms with Crippen molar-refractivity contribution >= 4 is 5.97 Å². The molecule has 2 aliphatic carbocycles. The van der Waals surface area contributed by atoms with Gasteiger partial charge in [-0.1, -0.05) is 20.8 Å². The fraction of sp³-hybridized carbons (Fsp3) is 0.611. The lowest BCUT2D eigenvalue weighted by Gasteiger charge is -2.38. The van der Waals surface area contributed by atoms with Gasteiger partial charge in [0.2, 0.25) is 0 Å². The molecule has 0 heterocycles. The zero-order valence-corrected chi connectivity index (χ0v) is 13.7. The van der Waals surface area contributed by atoms with Gasteiger partial charge in [-0.05, 0) is 48.8 Å². The Balaban J connectivity index is 1.79. The van der Waals surface area contributed by atoms with Crippen molar-refractivity contribution in [3.05, 3.63) is 23.8 Å². The van der Waals surface area contributed by atoms with Gasteiger partial charge in [0.05, 0.1) is 12.7 Å². The van der Waals surface area contributed by atoms with Crippen LogP contribution in [0.25, 0.3) is 0 Å². The molecule has 120 valence electrons. The van der Waals surface area contributed by atoms with E-state index in [2.05, 4.69) is 20.8 Å². The molecule has 1 N–H and O–H groups in total. The van der Waals surface area contributed by atoms with E-state index in [1.165, 1.54) is 25.7 Å². The third kappa shape index (κ3) is 2.00. The highest BCUT2D eigenvalue weighted by Gasteiger charge is 2.62. The molecule has 2 aliphatic rings. The number of ether oxygens (including phenoxy) is 2. The molecule has 3 atom stereocenters. The average Bonchev–Trinajstić information content (AvgIpc) is 2.81. The number of rotatable bonds is 3. The zero-order valence-electron chi connectivity index (χ0n) is 13.7. The number of aromatic hydroxyl groups is 1. The maximum absolute atomic E-state index is 12.5. The van der Waals surface area contributed by atoms with Crippen LogP contribution in [0.1, 0.15) is 50.4 Å². The maximum atomic E-state index is 12.5. The molecule has 0 radical (unpaired) electrons.